The molecule has 2 aliphatic carbocycles. The number of rotatable bonds is 8. The Morgan fingerprint density at radius 3 is 1.44 bits per heavy atom. The molecular weight excluding hydrogens is 516 g/mol. The first-order chi connectivity index (χ1) is 17.3. The molecule has 0 bridgehead atoms. The molecule has 2 aromatic carbocycles. The van der Waals surface area contributed by atoms with Crippen LogP contribution in [0.25, 0.3) is 0 Å². The van der Waals surface area contributed by atoms with Crippen molar-refractivity contribution in [2.45, 2.75) is 82.0 Å². The van der Waals surface area contributed by atoms with Crippen molar-refractivity contribution >= 4 is 28.7 Å². The van der Waals surface area contributed by atoms with E-state index in [0.717, 1.165) is 40.7 Å². The molecule has 0 saturated heterocycles. The quantitative estimate of drug-likeness (QED) is 0.428. The summed E-state index contributed by atoms with van der Waals surface area (Å²) in [6.45, 7) is 1.26. The summed E-state index contributed by atoms with van der Waals surface area (Å²) in [5.41, 5.74) is 2.30. The number of nitrogens with one attached hydrogen (secondary N) is 2. The highest BCUT2D eigenvalue weighted by atomic mass is 79.9. The summed E-state index contributed by atoms with van der Waals surface area (Å²) in [5, 5.41) is 7.24. The lowest BCUT2D eigenvalue weighted by molar-refractivity contribution is 0.247. The predicted molar refractivity (Wildman–Crippen MR) is 150 cm³/mol. The van der Waals surface area contributed by atoms with Crippen molar-refractivity contribution in [3.05, 3.63) is 59.7 Å². The first-order valence-corrected chi connectivity index (χ1v) is 13.5. The van der Waals surface area contributed by atoms with Gasteiger partial charge in [-0.1, -0.05) is 25.7 Å². The number of aliphatic imine (C=N–C) groups is 2. The standard InChI is InChI=1S/C29H36N4O2.BrH/c1-2-7-25-24(6-1)30-28(31-25)20-10-14-22(15-11-20)34-18-5-19-35-23-16-12-21(13-17-23)29-32-26-8-3-4-9-27(26)33-29;/h10-17,24-27H,1-9,18-19H2,(H,30,31)(H,32,33);1H/t24-,25-,26+,27+;. The Balaban J connectivity index is 0.00000267. The molecule has 192 valence electrons. The summed E-state index contributed by atoms with van der Waals surface area (Å²) >= 11 is 0. The number of hydrogen-bond donors (Lipinski definition) is 2. The highest BCUT2D eigenvalue weighted by molar-refractivity contribution is 8.93. The lowest BCUT2D eigenvalue weighted by atomic mass is 9.92. The van der Waals surface area contributed by atoms with Gasteiger partial charge in [0, 0.05) is 29.6 Å². The first-order valence-electron chi connectivity index (χ1n) is 13.5. The van der Waals surface area contributed by atoms with Crippen molar-refractivity contribution in [1.82, 2.24) is 10.6 Å². The summed E-state index contributed by atoms with van der Waals surface area (Å²) in [6, 6.07) is 18.6. The Hall–Kier alpha value is -2.54. The lowest BCUT2D eigenvalue weighted by Gasteiger charge is -2.23. The Bertz CT molecular complexity index is 984. The third kappa shape index (κ3) is 5.72. The van der Waals surface area contributed by atoms with E-state index in [9.17, 15) is 0 Å². The van der Waals surface area contributed by atoms with Crippen LogP contribution in [0, 0.1) is 0 Å². The maximum Gasteiger partial charge on any atom is 0.128 e. The summed E-state index contributed by atoms with van der Waals surface area (Å²) in [7, 11) is 0. The zero-order chi connectivity index (χ0) is 23.5. The van der Waals surface area contributed by atoms with E-state index >= 15 is 0 Å². The zero-order valence-corrected chi connectivity index (χ0v) is 22.5. The number of hydrogen-bond acceptors (Lipinski definition) is 6. The van der Waals surface area contributed by atoms with Crippen molar-refractivity contribution in [2.75, 3.05) is 13.2 Å². The SMILES string of the molecule is Br.c1cc(C2=N[C@H]3CCCC[C@@H]3N2)ccc1OCCCOc1ccc(C2=N[C@@H]3CCCC[C@H]3N2)cc1. The topological polar surface area (TPSA) is 67.2 Å². The Morgan fingerprint density at radius 1 is 0.611 bits per heavy atom. The summed E-state index contributed by atoms with van der Waals surface area (Å²) < 4.78 is 11.8. The van der Waals surface area contributed by atoms with Gasteiger partial charge in [0.25, 0.3) is 0 Å². The number of benzene rings is 2. The van der Waals surface area contributed by atoms with Crippen molar-refractivity contribution in [3.8, 4) is 11.5 Å². The second-order valence-corrected chi connectivity index (χ2v) is 10.3. The molecule has 2 aromatic rings. The molecule has 36 heavy (non-hydrogen) atoms. The van der Waals surface area contributed by atoms with Gasteiger partial charge in [0.2, 0.25) is 0 Å². The average Bonchev–Trinajstić information content (AvgIpc) is 3.54. The van der Waals surface area contributed by atoms with Gasteiger partial charge in [-0.2, -0.15) is 0 Å². The van der Waals surface area contributed by atoms with Crippen molar-refractivity contribution < 1.29 is 9.47 Å². The van der Waals surface area contributed by atoms with Crippen LogP contribution >= 0.6 is 17.0 Å². The molecule has 6 rings (SSSR count). The van der Waals surface area contributed by atoms with Gasteiger partial charge in [-0.05, 0) is 74.2 Å². The summed E-state index contributed by atoms with van der Waals surface area (Å²) in [5.74, 6) is 3.86. The highest BCUT2D eigenvalue weighted by Gasteiger charge is 2.32. The molecule has 2 saturated carbocycles. The normalized spacial score (nSPS) is 26.3. The smallest absolute Gasteiger partial charge is 0.128 e. The minimum absolute atomic E-state index is 0. The van der Waals surface area contributed by atoms with Crippen LogP contribution in [0.1, 0.15) is 68.9 Å². The Morgan fingerprint density at radius 2 is 1.03 bits per heavy atom. The average molecular weight is 554 g/mol. The van der Waals surface area contributed by atoms with Gasteiger partial charge in [0.15, 0.2) is 0 Å². The van der Waals surface area contributed by atoms with Gasteiger partial charge in [-0.15, -0.1) is 17.0 Å². The molecule has 4 atom stereocenters. The minimum Gasteiger partial charge on any atom is -0.493 e. The highest BCUT2D eigenvalue weighted by Crippen LogP contribution is 2.28. The van der Waals surface area contributed by atoms with E-state index in [-0.39, 0.29) is 17.0 Å². The molecule has 0 unspecified atom stereocenters. The fourth-order valence-corrected chi connectivity index (χ4v) is 5.80. The van der Waals surface area contributed by atoms with Crippen LogP contribution in [0.5, 0.6) is 11.5 Å². The molecule has 2 fully saturated rings. The van der Waals surface area contributed by atoms with Gasteiger partial charge in [-0.3, -0.25) is 9.98 Å². The van der Waals surface area contributed by atoms with Crippen LogP contribution in [0.15, 0.2) is 58.5 Å². The van der Waals surface area contributed by atoms with Crippen molar-refractivity contribution in [3.63, 3.8) is 0 Å². The lowest BCUT2D eigenvalue weighted by Crippen LogP contribution is -2.36. The maximum absolute atomic E-state index is 5.92. The van der Waals surface area contributed by atoms with Gasteiger partial charge >= 0.3 is 0 Å². The molecule has 2 heterocycles. The third-order valence-electron chi connectivity index (χ3n) is 7.77. The number of ether oxygens (including phenoxy) is 2. The maximum atomic E-state index is 5.92. The molecule has 0 radical (unpaired) electrons. The van der Waals surface area contributed by atoms with Crippen molar-refractivity contribution in [2.24, 2.45) is 9.98 Å². The fourth-order valence-electron chi connectivity index (χ4n) is 5.80. The van der Waals surface area contributed by atoms with Crippen LogP contribution < -0.4 is 20.1 Å². The largest absolute Gasteiger partial charge is 0.493 e. The van der Waals surface area contributed by atoms with E-state index in [2.05, 4.69) is 34.9 Å². The Labute approximate surface area is 224 Å². The van der Waals surface area contributed by atoms with Gasteiger partial charge in [0.1, 0.15) is 23.2 Å². The molecule has 4 aliphatic rings. The second kappa shape index (κ2) is 11.7. The molecule has 6 nitrogen and oxygen atoms in total. The van der Waals surface area contributed by atoms with Crippen molar-refractivity contribution in [1.29, 1.82) is 0 Å². The van der Waals surface area contributed by atoms with Crippen LogP contribution in [-0.4, -0.2) is 49.1 Å². The number of amidine groups is 2. The molecule has 0 amide bonds. The van der Waals surface area contributed by atoms with E-state index in [1.165, 1.54) is 51.4 Å². The predicted octanol–water partition coefficient (Wildman–Crippen LogP) is 5.43. The van der Waals surface area contributed by atoms with Gasteiger partial charge < -0.3 is 20.1 Å². The minimum atomic E-state index is 0. The molecule has 2 aliphatic heterocycles. The van der Waals surface area contributed by atoms with Crippen LogP contribution in [0.3, 0.4) is 0 Å². The van der Waals surface area contributed by atoms with E-state index < -0.39 is 0 Å². The summed E-state index contributed by atoms with van der Waals surface area (Å²) in [4.78, 5) is 9.82. The van der Waals surface area contributed by atoms with Gasteiger partial charge in [0.05, 0.1) is 25.3 Å². The third-order valence-corrected chi connectivity index (χ3v) is 7.77. The van der Waals surface area contributed by atoms with E-state index in [0.29, 0.717) is 37.4 Å². The number of fused-ring (bicyclic) bond motifs is 2. The van der Waals surface area contributed by atoms with E-state index in [4.69, 9.17) is 19.5 Å². The molecule has 0 aromatic heterocycles. The van der Waals surface area contributed by atoms with Crippen LogP contribution in [0.4, 0.5) is 0 Å². The zero-order valence-electron chi connectivity index (χ0n) is 20.8. The van der Waals surface area contributed by atoms with E-state index in [1.807, 2.05) is 24.3 Å². The first kappa shape index (κ1) is 25.1. The monoisotopic (exact) mass is 552 g/mol. The van der Waals surface area contributed by atoms with Crippen LogP contribution in [0.2, 0.25) is 0 Å². The van der Waals surface area contributed by atoms with E-state index in [1.54, 1.807) is 0 Å². The molecule has 7 heteroatoms. The summed E-state index contributed by atoms with van der Waals surface area (Å²) in [6.07, 6.45) is 10.9. The van der Waals surface area contributed by atoms with Gasteiger partial charge in [-0.25, -0.2) is 0 Å². The molecule has 2 N–H and O–H groups in total. The molecular formula is C29H37BrN4O2. The molecule has 0 spiro atoms. The number of nitrogens with zero attached hydrogens (tertiary/aromatic N) is 2. The fraction of sp³-hybridized carbons (Fsp3) is 0.517. The second-order valence-electron chi connectivity index (χ2n) is 10.3. The Kier molecular flexibility index (Phi) is 8.15. The number of halogens is 1. The van der Waals surface area contributed by atoms with Crippen LogP contribution in [-0.2, 0) is 0 Å².